The van der Waals surface area contributed by atoms with Crippen molar-refractivity contribution in [3.8, 4) is 0 Å². The van der Waals surface area contributed by atoms with Crippen LogP contribution in [0.25, 0.3) is 0 Å². The lowest BCUT2D eigenvalue weighted by Crippen LogP contribution is -2.47. The summed E-state index contributed by atoms with van der Waals surface area (Å²) < 4.78 is 4.85. The van der Waals surface area contributed by atoms with Gasteiger partial charge in [0.1, 0.15) is 0 Å². The SMILES string of the molecule is CN=C(NCCCN1CCCN(C)CC1)N1CCC(C(=O)OC)CC1.I. The average molecular weight is 481 g/mol. The van der Waals surface area contributed by atoms with Crippen molar-refractivity contribution in [3.05, 3.63) is 0 Å². The van der Waals surface area contributed by atoms with Gasteiger partial charge in [-0.25, -0.2) is 0 Å². The van der Waals surface area contributed by atoms with Gasteiger partial charge in [0, 0.05) is 39.8 Å². The van der Waals surface area contributed by atoms with Gasteiger partial charge in [-0.05, 0) is 52.4 Å². The Labute approximate surface area is 175 Å². The number of carbonyl (C=O) groups excluding carboxylic acids is 1. The minimum atomic E-state index is -0.0781. The van der Waals surface area contributed by atoms with Gasteiger partial charge in [0.25, 0.3) is 0 Å². The van der Waals surface area contributed by atoms with Crippen LogP contribution < -0.4 is 5.32 Å². The molecule has 0 aromatic carbocycles. The molecule has 0 radical (unpaired) electrons. The Morgan fingerprint density at radius 2 is 1.88 bits per heavy atom. The summed E-state index contributed by atoms with van der Waals surface area (Å²) in [6.45, 7) is 8.56. The lowest BCUT2D eigenvalue weighted by molar-refractivity contribution is -0.146. The molecule has 0 saturated carbocycles. The first-order chi connectivity index (χ1) is 12.1. The zero-order valence-corrected chi connectivity index (χ0v) is 18.9. The molecule has 2 aliphatic rings. The van der Waals surface area contributed by atoms with Crippen molar-refractivity contribution in [1.29, 1.82) is 0 Å². The van der Waals surface area contributed by atoms with E-state index < -0.39 is 0 Å². The van der Waals surface area contributed by atoms with Crippen LogP contribution in [0.1, 0.15) is 25.7 Å². The fraction of sp³-hybridized carbons (Fsp3) is 0.889. The lowest BCUT2D eigenvalue weighted by atomic mass is 9.97. The highest BCUT2D eigenvalue weighted by molar-refractivity contribution is 14.0. The summed E-state index contributed by atoms with van der Waals surface area (Å²) in [5.74, 6) is 0.921. The van der Waals surface area contributed by atoms with Gasteiger partial charge < -0.3 is 24.8 Å². The molecule has 2 saturated heterocycles. The number of aliphatic imine (C=N–C) groups is 1. The lowest BCUT2D eigenvalue weighted by Gasteiger charge is -2.33. The fourth-order valence-electron chi connectivity index (χ4n) is 3.65. The Balaban J connectivity index is 0.00000338. The van der Waals surface area contributed by atoms with Crippen LogP contribution in [0.3, 0.4) is 0 Å². The molecule has 0 spiro atoms. The highest BCUT2D eigenvalue weighted by atomic mass is 127. The Hall–Kier alpha value is -0.610. The van der Waals surface area contributed by atoms with Gasteiger partial charge in [0.05, 0.1) is 13.0 Å². The van der Waals surface area contributed by atoms with E-state index in [1.807, 2.05) is 7.05 Å². The number of nitrogens with one attached hydrogen (secondary N) is 1. The summed E-state index contributed by atoms with van der Waals surface area (Å²) in [6.07, 6.45) is 4.07. The molecule has 2 rings (SSSR count). The standard InChI is InChI=1S/C18H35N5O2.HI/c1-19-18(23-12-6-16(7-13-23)17(24)25-3)20-8-4-10-22-11-5-9-21(2)14-15-22;/h16H,4-15H2,1-3H3,(H,19,20);1H. The molecule has 0 unspecified atom stereocenters. The minimum Gasteiger partial charge on any atom is -0.469 e. The first kappa shape index (κ1) is 23.4. The van der Waals surface area contributed by atoms with E-state index in [4.69, 9.17) is 4.74 Å². The van der Waals surface area contributed by atoms with E-state index >= 15 is 0 Å². The van der Waals surface area contributed by atoms with Gasteiger partial charge >= 0.3 is 5.97 Å². The molecule has 8 heteroatoms. The van der Waals surface area contributed by atoms with Crippen molar-refractivity contribution in [2.24, 2.45) is 10.9 Å². The van der Waals surface area contributed by atoms with Gasteiger partial charge in [-0.15, -0.1) is 24.0 Å². The van der Waals surface area contributed by atoms with Crippen LogP contribution in [0.5, 0.6) is 0 Å². The molecule has 0 bridgehead atoms. The number of hydrogen-bond donors (Lipinski definition) is 1. The van der Waals surface area contributed by atoms with Gasteiger partial charge in [-0.2, -0.15) is 0 Å². The van der Waals surface area contributed by atoms with Crippen LogP contribution in [0.4, 0.5) is 0 Å². The van der Waals surface area contributed by atoms with E-state index in [1.54, 1.807) is 0 Å². The maximum absolute atomic E-state index is 11.6. The summed E-state index contributed by atoms with van der Waals surface area (Å²) in [6, 6.07) is 0. The second-order valence-electron chi connectivity index (χ2n) is 7.11. The van der Waals surface area contributed by atoms with Crippen LogP contribution in [0.15, 0.2) is 4.99 Å². The molecule has 2 heterocycles. The Bertz CT molecular complexity index is 441. The van der Waals surface area contributed by atoms with Gasteiger partial charge in [-0.3, -0.25) is 9.79 Å². The smallest absolute Gasteiger partial charge is 0.308 e. The topological polar surface area (TPSA) is 60.4 Å². The predicted molar refractivity (Wildman–Crippen MR) is 116 cm³/mol. The normalized spacial score (nSPS) is 21.0. The molecule has 0 aromatic heterocycles. The predicted octanol–water partition coefficient (Wildman–Crippen LogP) is 1.09. The number of methoxy groups -OCH3 is 1. The van der Waals surface area contributed by atoms with Crippen molar-refractivity contribution in [2.45, 2.75) is 25.7 Å². The molecular formula is C18H36IN5O2. The number of guanidine groups is 1. The number of rotatable bonds is 5. The Morgan fingerprint density at radius 3 is 2.54 bits per heavy atom. The third kappa shape index (κ3) is 7.56. The quantitative estimate of drug-likeness (QED) is 0.209. The van der Waals surface area contributed by atoms with Crippen molar-refractivity contribution < 1.29 is 9.53 Å². The minimum absolute atomic E-state index is 0. The largest absolute Gasteiger partial charge is 0.469 e. The molecule has 26 heavy (non-hydrogen) atoms. The summed E-state index contributed by atoms with van der Waals surface area (Å²) in [7, 11) is 5.51. The highest BCUT2D eigenvalue weighted by Crippen LogP contribution is 2.18. The second-order valence-corrected chi connectivity index (χ2v) is 7.11. The Morgan fingerprint density at radius 1 is 1.15 bits per heavy atom. The zero-order valence-electron chi connectivity index (χ0n) is 16.6. The number of likely N-dealkylation sites (tertiary alicyclic amines) is 1. The third-order valence-electron chi connectivity index (χ3n) is 5.29. The van der Waals surface area contributed by atoms with Crippen LogP contribution in [-0.4, -0.2) is 100 Å². The van der Waals surface area contributed by atoms with Crippen molar-refractivity contribution in [3.63, 3.8) is 0 Å². The summed E-state index contributed by atoms with van der Waals surface area (Å²) in [4.78, 5) is 23.3. The number of ether oxygens (including phenoxy) is 1. The highest BCUT2D eigenvalue weighted by Gasteiger charge is 2.26. The molecule has 1 N–H and O–H groups in total. The van der Waals surface area contributed by atoms with Crippen molar-refractivity contribution in [1.82, 2.24) is 20.0 Å². The number of esters is 1. The van der Waals surface area contributed by atoms with Crippen LogP contribution in [0.2, 0.25) is 0 Å². The molecule has 7 nitrogen and oxygen atoms in total. The Kier molecular flexibility index (Phi) is 11.5. The monoisotopic (exact) mass is 481 g/mol. The molecule has 2 fully saturated rings. The molecule has 0 aliphatic carbocycles. The van der Waals surface area contributed by atoms with E-state index in [-0.39, 0.29) is 35.9 Å². The van der Waals surface area contributed by atoms with Crippen LogP contribution >= 0.6 is 24.0 Å². The first-order valence-corrected chi connectivity index (χ1v) is 9.58. The average Bonchev–Trinajstić information content (AvgIpc) is 2.85. The van der Waals surface area contributed by atoms with Gasteiger partial charge in [0.2, 0.25) is 0 Å². The number of hydrogen-bond acceptors (Lipinski definition) is 5. The number of halogens is 1. The molecular weight excluding hydrogens is 445 g/mol. The van der Waals surface area contributed by atoms with E-state index in [0.29, 0.717) is 0 Å². The van der Waals surface area contributed by atoms with E-state index in [2.05, 4.69) is 32.1 Å². The maximum Gasteiger partial charge on any atom is 0.308 e. The molecule has 0 amide bonds. The number of likely N-dealkylation sites (N-methyl/N-ethyl adjacent to an activating group) is 1. The third-order valence-corrected chi connectivity index (χ3v) is 5.29. The van der Waals surface area contributed by atoms with E-state index in [0.717, 1.165) is 51.4 Å². The second kappa shape index (κ2) is 12.7. The summed E-state index contributed by atoms with van der Waals surface area (Å²) >= 11 is 0. The number of carbonyl (C=O) groups is 1. The molecule has 0 atom stereocenters. The summed E-state index contributed by atoms with van der Waals surface area (Å²) in [5.41, 5.74) is 0. The van der Waals surface area contributed by atoms with Crippen LogP contribution in [-0.2, 0) is 9.53 Å². The maximum atomic E-state index is 11.6. The molecule has 0 aromatic rings. The molecule has 152 valence electrons. The van der Waals surface area contributed by atoms with E-state index in [9.17, 15) is 4.79 Å². The fourth-order valence-corrected chi connectivity index (χ4v) is 3.65. The number of nitrogens with zero attached hydrogens (tertiary/aromatic N) is 4. The van der Waals surface area contributed by atoms with Gasteiger partial charge in [-0.1, -0.05) is 0 Å². The zero-order chi connectivity index (χ0) is 18.1. The summed E-state index contributed by atoms with van der Waals surface area (Å²) in [5, 5.41) is 3.48. The van der Waals surface area contributed by atoms with Gasteiger partial charge in [0.15, 0.2) is 5.96 Å². The van der Waals surface area contributed by atoms with Crippen LogP contribution in [0, 0.1) is 5.92 Å². The first-order valence-electron chi connectivity index (χ1n) is 9.58. The van der Waals surface area contributed by atoms with Crippen molar-refractivity contribution in [2.75, 3.05) is 73.6 Å². The number of piperidine rings is 1. The van der Waals surface area contributed by atoms with E-state index in [1.165, 1.54) is 39.7 Å². The molecule has 2 aliphatic heterocycles. The van der Waals surface area contributed by atoms with Crippen molar-refractivity contribution >= 4 is 35.9 Å².